The predicted molar refractivity (Wildman–Crippen MR) is 112 cm³/mol. The van der Waals surface area contributed by atoms with Crippen molar-refractivity contribution in [3.63, 3.8) is 0 Å². The van der Waals surface area contributed by atoms with Gasteiger partial charge < -0.3 is 14.2 Å². The molecule has 0 aromatic heterocycles. The van der Waals surface area contributed by atoms with Crippen LogP contribution in [0.4, 0.5) is 0 Å². The van der Waals surface area contributed by atoms with Gasteiger partial charge in [-0.25, -0.2) is 0 Å². The molecule has 2 aromatic carbocycles. The summed E-state index contributed by atoms with van der Waals surface area (Å²) in [5.41, 5.74) is 4.66. The SMILES string of the molecule is COc1ccc(OCC(=O)NC(=S)NNC(=O)COc2ccc(Cl)cc2Cl)cc1. The van der Waals surface area contributed by atoms with Crippen LogP contribution in [0.15, 0.2) is 42.5 Å². The number of amides is 2. The molecular weight excluding hydrogens is 441 g/mol. The quantitative estimate of drug-likeness (QED) is 0.433. The molecule has 2 aromatic rings. The average molecular weight is 458 g/mol. The molecule has 3 N–H and O–H groups in total. The van der Waals surface area contributed by atoms with Gasteiger partial charge in [0, 0.05) is 5.02 Å². The Morgan fingerprint density at radius 2 is 1.59 bits per heavy atom. The summed E-state index contributed by atoms with van der Waals surface area (Å²) in [6.45, 7) is -0.592. The van der Waals surface area contributed by atoms with Crippen molar-refractivity contribution >= 4 is 52.3 Å². The highest BCUT2D eigenvalue weighted by Crippen LogP contribution is 2.27. The van der Waals surface area contributed by atoms with Crippen LogP contribution in [0.2, 0.25) is 10.0 Å². The minimum atomic E-state index is -0.540. The Labute approximate surface area is 182 Å². The lowest BCUT2D eigenvalue weighted by Crippen LogP contribution is -2.50. The van der Waals surface area contributed by atoms with Crippen LogP contribution in [0.3, 0.4) is 0 Å². The van der Waals surface area contributed by atoms with Crippen LogP contribution in [0.5, 0.6) is 17.2 Å². The Kier molecular flexibility index (Phi) is 8.78. The first kappa shape index (κ1) is 22.5. The van der Waals surface area contributed by atoms with Crippen molar-refractivity contribution in [3.05, 3.63) is 52.5 Å². The van der Waals surface area contributed by atoms with E-state index in [1.165, 1.54) is 6.07 Å². The molecule has 0 radical (unpaired) electrons. The van der Waals surface area contributed by atoms with E-state index in [-0.39, 0.29) is 23.3 Å². The molecule has 0 aliphatic rings. The van der Waals surface area contributed by atoms with Gasteiger partial charge in [-0.2, -0.15) is 0 Å². The summed E-state index contributed by atoms with van der Waals surface area (Å²) in [5, 5.41) is 2.98. The van der Waals surface area contributed by atoms with Crippen LogP contribution in [-0.4, -0.2) is 37.3 Å². The number of halogens is 2. The molecule has 0 aliphatic carbocycles. The monoisotopic (exact) mass is 457 g/mol. The number of rotatable bonds is 7. The molecular formula is C18H17Cl2N3O5S. The number of carbonyl (C=O) groups excluding carboxylic acids is 2. The first-order valence-electron chi connectivity index (χ1n) is 8.10. The minimum Gasteiger partial charge on any atom is -0.497 e. The number of nitrogens with one attached hydrogen (secondary N) is 3. The average Bonchev–Trinajstić information content (AvgIpc) is 2.70. The van der Waals surface area contributed by atoms with Crippen molar-refractivity contribution in [3.8, 4) is 17.2 Å². The van der Waals surface area contributed by atoms with Gasteiger partial charge in [-0.3, -0.25) is 25.8 Å². The maximum atomic E-state index is 11.8. The van der Waals surface area contributed by atoms with Crippen LogP contribution in [0, 0.1) is 0 Å². The van der Waals surface area contributed by atoms with Gasteiger partial charge in [0.05, 0.1) is 12.1 Å². The van der Waals surface area contributed by atoms with Gasteiger partial charge in [-0.05, 0) is 54.7 Å². The summed E-state index contributed by atoms with van der Waals surface area (Å²) in [5.74, 6) is 0.424. The number of carbonyl (C=O) groups is 2. The lowest BCUT2D eigenvalue weighted by atomic mass is 10.3. The van der Waals surface area contributed by atoms with Crippen LogP contribution in [0.1, 0.15) is 0 Å². The van der Waals surface area contributed by atoms with Crippen molar-refractivity contribution in [2.45, 2.75) is 0 Å². The van der Waals surface area contributed by atoms with E-state index in [4.69, 9.17) is 49.6 Å². The largest absolute Gasteiger partial charge is 0.497 e. The number of ether oxygens (including phenoxy) is 3. The number of methoxy groups -OCH3 is 1. The lowest BCUT2D eigenvalue weighted by Gasteiger charge is -2.12. The predicted octanol–water partition coefficient (Wildman–Crippen LogP) is 2.48. The first-order chi connectivity index (χ1) is 13.9. The fraction of sp³-hybridized carbons (Fsp3) is 0.167. The highest BCUT2D eigenvalue weighted by molar-refractivity contribution is 7.80. The molecule has 0 heterocycles. The molecule has 154 valence electrons. The Hall–Kier alpha value is -2.75. The smallest absolute Gasteiger partial charge is 0.276 e. The molecule has 0 aliphatic heterocycles. The van der Waals surface area contributed by atoms with Crippen molar-refractivity contribution in [1.82, 2.24) is 16.2 Å². The third-order valence-corrected chi connectivity index (χ3v) is 3.99. The van der Waals surface area contributed by atoms with Crippen molar-refractivity contribution in [2.75, 3.05) is 20.3 Å². The zero-order valence-electron chi connectivity index (χ0n) is 15.2. The number of hydrogen-bond donors (Lipinski definition) is 3. The number of thiocarbonyl (C=S) groups is 1. The van der Waals surface area contributed by atoms with Gasteiger partial charge in [-0.1, -0.05) is 23.2 Å². The van der Waals surface area contributed by atoms with E-state index in [0.717, 1.165) is 0 Å². The maximum Gasteiger partial charge on any atom is 0.276 e. The Bertz CT molecular complexity index is 880. The topological polar surface area (TPSA) is 97.9 Å². The minimum absolute atomic E-state index is 0.105. The van der Waals surface area contributed by atoms with Gasteiger partial charge in [0.15, 0.2) is 18.3 Å². The van der Waals surface area contributed by atoms with Crippen LogP contribution >= 0.6 is 35.4 Å². The zero-order valence-corrected chi connectivity index (χ0v) is 17.5. The van der Waals surface area contributed by atoms with E-state index < -0.39 is 11.8 Å². The van der Waals surface area contributed by atoms with Crippen molar-refractivity contribution in [2.24, 2.45) is 0 Å². The highest BCUT2D eigenvalue weighted by atomic mass is 35.5. The molecule has 0 fully saturated rings. The number of benzene rings is 2. The van der Waals surface area contributed by atoms with Crippen molar-refractivity contribution in [1.29, 1.82) is 0 Å². The fourth-order valence-electron chi connectivity index (χ4n) is 1.91. The third kappa shape index (κ3) is 8.02. The van der Waals surface area contributed by atoms with Gasteiger partial charge >= 0.3 is 0 Å². The summed E-state index contributed by atoms with van der Waals surface area (Å²) in [6, 6.07) is 11.3. The Balaban J connectivity index is 1.66. The number of hydrogen-bond acceptors (Lipinski definition) is 6. The fourth-order valence-corrected chi connectivity index (χ4v) is 2.54. The van der Waals surface area contributed by atoms with E-state index in [1.807, 2.05) is 0 Å². The molecule has 0 atom stereocenters. The van der Waals surface area contributed by atoms with Gasteiger partial charge in [0.25, 0.3) is 11.8 Å². The van der Waals surface area contributed by atoms with E-state index in [0.29, 0.717) is 22.3 Å². The zero-order chi connectivity index (χ0) is 21.2. The second kappa shape index (κ2) is 11.3. The summed E-state index contributed by atoms with van der Waals surface area (Å²) in [6.07, 6.45) is 0. The second-order valence-electron chi connectivity index (χ2n) is 5.38. The normalized spacial score (nSPS) is 9.90. The van der Waals surface area contributed by atoms with Crippen LogP contribution < -0.4 is 30.4 Å². The highest BCUT2D eigenvalue weighted by Gasteiger charge is 2.09. The van der Waals surface area contributed by atoms with E-state index in [2.05, 4.69) is 16.2 Å². The summed E-state index contributed by atoms with van der Waals surface area (Å²) < 4.78 is 15.6. The molecule has 29 heavy (non-hydrogen) atoms. The summed E-state index contributed by atoms with van der Waals surface area (Å²) in [4.78, 5) is 23.6. The molecule has 0 bridgehead atoms. The van der Waals surface area contributed by atoms with Gasteiger partial charge in [0.1, 0.15) is 17.2 Å². The maximum absolute atomic E-state index is 11.8. The third-order valence-electron chi connectivity index (χ3n) is 3.25. The molecule has 0 spiro atoms. The molecule has 11 heteroatoms. The van der Waals surface area contributed by atoms with Crippen LogP contribution in [0.25, 0.3) is 0 Å². The lowest BCUT2D eigenvalue weighted by molar-refractivity contribution is -0.124. The molecule has 2 amide bonds. The van der Waals surface area contributed by atoms with E-state index >= 15 is 0 Å². The Morgan fingerprint density at radius 1 is 0.931 bits per heavy atom. The summed E-state index contributed by atoms with van der Waals surface area (Å²) >= 11 is 16.6. The first-order valence-corrected chi connectivity index (χ1v) is 9.27. The van der Waals surface area contributed by atoms with Crippen LogP contribution in [-0.2, 0) is 9.59 Å². The molecule has 2 rings (SSSR count). The standard InChI is InChI=1S/C18H17Cl2N3O5S/c1-26-12-3-5-13(6-4-12)27-9-16(24)21-18(29)23-22-17(25)10-28-15-7-2-11(19)8-14(15)20/h2-8H,9-10H2,1H3,(H,22,25)(H2,21,23,24,29). The second-order valence-corrected chi connectivity index (χ2v) is 6.63. The molecule has 0 saturated carbocycles. The molecule has 8 nitrogen and oxygen atoms in total. The van der Waals surface area contributed by atoms with E-state index in [9.17, 15) is 9.59 Å². The van der Waals surface area contributed by atoms with E-state index in [1.54, 1.807) is 43.5 Å². The molecule has 0 unspecified atom stereocenters. The number of hydrazine groups is 1. The Morgan fingerprint density at radius 3 is 2.24 bits per heavy atom. The molecule has 0 saturated heterocycles. The summed E-state index contributed by atoms with van der Waals surface area (Å²) in [7, 11) is 1.55. The van der Waals surface area contributed by atoms with Crippen molar-refractivity contribution < 1.29 is 23.8 Å². The van der Waals surface area contributed by atoms with Gasteiger partial charge in [-0.15, -0.1) is 0 Å². The van der Waals surface area contributed by atoms with Gasteiger partial charge in [0.2, 0.25) is 0 Å².